The lowest BCUT2D eigenvalue weighted by molar-refractivity contribution is 0.0853. The maximum Gasteiger partial charge on any atom is 0.315 e. The Kier molecular flexibility index (Phi) is 4.58. The molecule has 3 atom stereocenters. The van der Waals surface area contributed by atoms with Crippen LogP contribution in [0.25, 0.3) is 5.69 Å². The third-order valence-corrected chi connectivity index (χ3v) is 5.04. The van der Waals surface area contributed by atoms with Crippen molar-refractivity contribution >= 4 is 6.03 Å². The van der Waals surface area contributed by atoms with Crippen LogP contribution < -0.4 is 10.6 Å². The van der Waals surface area contributed by atoms with Gasteiger partial charge in [-0.25, -0.2) is 14.5 Å². The number of hydrogen-bond donors (Lipinski definition) is 3. The summed E-state index contributed by atoms with van der Waals surface area (Å²) in [6.07, 6.45) is 7.09. The molecule has 4 rings (SSSR count). The smallest absolute Gasteiger partial charge is 0.315 e. The van der Waals surface area contributed by atoms with E-state index in [9.17, 15) is 9.90 Å². The molecule has 0 saturated heterocycles. The second kappa shape index (κ2) is 7.03. The van der Waals surface area contributed by atoms with E-state index in [1.807, 2.05) is 23.7 Å². The summed E-state index contributed by atoms with van der Waals surface area (Å²) in [5, 5.41) is 20.7. The molecule has 8 nitrogen and oxygen atoms in total. The highest BCUT2D eigenvalue weighted by molar-refractivity contribution is 5.75. The number of nitrogens with one attached hydrogen (secondary N) is 2. The molecule has 2 heterocycles. The van der Waals surface area contributed by atoms with Gasteiger partial charge in [-0.3, -0.25) is 4.98 Å². The predicted octanol–water partition coefficient (Wildman–Crippen LogP) is 1.43. The highest BCUT2D eigenvalue weighted by atomic mass is 16.3. The summed E-state index contributed by atoms with van der Waals surface area (Å²) in [6.45, 7) is 1.87. The molecule has 2 aliphatic rings. The zero-order valence-corrected chi connectivity index (χ0v) is 14.8. The van der Waals surface area contributed by atoms with Crippen molar-refractivity contribution in [2.75, 3.05) is 0 Å². The number of rotatable bonds is 4. The van der Waals surface area contributed by atoms with E-state index in [-0.39, 0.29) is 18.0 Å². The van der Waals surface area contributed by atoms with Crippen LogP contribution in [0.1, 0.15) is 49.7 Å². The molecule has 138 valence electrons. The minimum Gasteiger partial charge on any atom is -0.391 e. The van der Waals surface area contributed by atoms with Gasteiger partial charge in [-0.1, -0.05) is 0 Å². The number of aromatic nitrogens is 4. The summed E-state index contributed by atoms with van der Waals surface area (Å²) < 4.78 is 1.83. The van der Waals surface area contributed by atoms with Gasteiger partial charge < -0.3 is 15.7 Å². The van der Waals surface area contributed by atoms with Crippen LogP contribution in [-0.4, -0.2) is 49.1 Å². The van der Waals surface area contributed by atoms with E-state index in [1.165, 1.54) is 0 Å². The minimum atomic E-state index is -0.535. The maximum atomic E-state index is 12.1. The first-order valence-electron chi connectivity index (χ1n) is 9.19. The van der Waals surface area contributed by atoms with E-state index in [0.29, 0.717) is 24.7 Å². The highest BCUT2D eigenvalue weighted by Crippen LogP contribution is 2.33. The Hall–Kier alpha value is -2.48. The molecule has 0 unspecified atom stereocenters. The van der Waals surface area contributed by atoms with Crippen LogP contribution in [0.3, 0.4) is 0 Å². The Labute approximate surface area is 152 Å². The van der Waals surface area contributed by atoms with Crippen molar-refractivity contribution in [1.82, 2.24) is 30.4 Å². The number of nitrogens with zero attached hydrogens (tertiary/aromatic N) is 4. The van der Waals surface area contributed by atoms with E-state index < -0.39 is 6.10 Å². The number of aryl methyl sites for hydroxylation is 1. The summed E-state index contributed by atoms with van der Waals surface area (Å²) >= 11 is 0. The standard InChI is InChI=1S/C18H24N6O2/c1-11-20-17(24(23-11)14-3-2-8-19-10-14)12-4-7-16(25)15(9-12)22-18(26)21-13-5-6-13/h2-3,8,10,12-13,15-16,25H,4-7,9H2,1H3,(H2,21,22,26)/t12-,15+,16+/m0/s1. The van der Waals surface area contributed by atoms with Crippen molar-refractivity contribution in [2.24, 2.45) is 0 Å². The average molecular weight is 356 g/mol. The van der Waals surface area contributed by atoms with Crippen LogP contribution >= 0.6 is 0 Å². The SMILES string of the molecule is Cc1nc([C@H]2CC[C@@H](O)[C@H](NC(=O)NC3CC3)C2)n(-c2cccnc2)n1. The normalized spacial score (nSPS) is 25.7. The van der Waals surface area contributed by atoms with Crippen LogP contribution in [0, 0.1) is 6.92 Å². The van der Waals surface area contributed by atoms with Gasteiger partial charge in [0.15, 0.2) is 0 Å². The quantitative estimate of drug-likeness (QED) is 0.769. The molecular weight excluding hydrogens is 332 g/mol. The van der Waals surface area contributed by atoms with Crippen LogP contribution in [0.2, 0.25) is 0 Å². The van der Waals surface area contributed by atoms with Crippen molar-refractivity contribution in [3.63, 3.8) is 0 Å². The van der Waals surface area contributed by atoms with Gasteiger partial charge in [-0.2, -0.15) is 5.10 Å². The largest absolute Gasteiger partial charge is 0.391 e. The van der Waals surface area contributed by atoms with Gasteiger partial charge in [0.1, 0.15) is 11.6 Å². The third-order valence-electron chi connectivity index (χ3n) is 5.04. The minimum absolute atomic E-state index is 0.117. The van der Waals surface area contributed by atoms with Crippen LogP contribution in [0.5, 0.6) is 0 Å². The molecule has 0 radical (unpaired) electrons. The topological polar surface area (TPSA) is 105 Å². The number of carbonyl (C=O) groups is 1. The lowest BCUT2D eigenvalue weighted by atomic mass is 9.83. The third kappa shape index (κ3) is 3.70. The summed E-state index contributed by atoms with van der Waals surface area (Å²) in [6, 6.07) is 3.63. The lowest BCUT2D eigenvalue weighted by Crippen LogP contribution is -2.50. The second-order valence-electron chi connectivity index (χ2n) is 7.22. The summed E-state index contributed by atoms with van der Waals surface area (Å²) in [4.78, 5) is 20.9. The summed E-state index contributed by atoms with van der Waals surface area (Å²) in [7, 11) is 0. The van der Waals surface area contributed by atoms with Crippen molar-refractivity contribution in [2.45, 2.75) is 63.1 Å². The Balaban J connectivity index is 1.51. The fraction of sp³-hybridized carbons (Fsp3) is 0.556. The Morgan fingerprint density at radius 2 is 2.12 bits per heavy atom. The fourth-order valence-corrected chi connectivity index (χ4v) is 3.53. The summed E-state index contributed by atoms with van der Waals surface area (Å²) in [5.74, 6) is 1.67. The second-order valence-corrected chi connectivity index (χ2v) is 7.22. The summed E-state index contributed by atoms with van der Waals surface area (Å²) in [5.41, 5.74) is 0.866. The van der Waals surface area contributed by atoms with E-state index in [0.717, 1.165) is 30.8 Å². The molecular formula is C18H24N6O2. The maximum absolute atomic E-state index is 12.1. The molecule has 26 heavy (non-hydrogen) atoms. The number of urea groups is 1. The molecule has 2 fully saturated rings. The van der Waals surface area contributed by atoms with Gasteiger partial charge in [0, 0.05) is 18.2 Å². The Bertz CT molecular complexity index is 773. The van der Waals surface area contributed by atoms with Gasteiger partial charge >= 0.3 is 6.03 Å². The number of carbonyl (C=O) groups excluding carboxylic acids is 1. The number of aliphatic hydroxyl groups is 1. The number of pyridine rings is 1. The lowest BCUT2D eigenvalue weighted by Gasteiger charge is -2.33. The van der Waals surface area contributed by atoms with Crippen molar-refractivity contribution in [3.05, 3.63) is 36.2 Å². The zero-order chi connectivity index (χ0) is 18.1. The van der Waals surface area contributed by atoms with E-state index in [1.54, 1.807) is 12.4 Å². The fourth-order valence-electron chi connectivity index (χ4n) is 3.53. The monoisotopic (exact) mass is 356 g/mol. The highest BCUT2D eigenvalue weighted by Gasteiger charge is 2.34. The van der Waals surface area contributed by atoms with Gasteiger partial charge in [0.25, 0.3) is 0 Å². The zero-order valence-electron chi connectivity index (χ0n) is 14.8. The first-order valence-corrected chi connectivity index (χ1v) is 9.19. The van der Waals surface area contributed by atoms with Gasteiger partial charge in [0.2, 0.25) is 0 Å². The van der Waals surface area contributed by atoms with Crippen LogP contribution in [-0.2, 0) is 0 Å². The molecule has 2 aliphatic carbocycles. The molecule has 3 N–H and O–H groups in total. The van der Waals surface area contributed by atoms with E-state index in [2.05, 4.69) is 25.7 Å². The Morgan fingerprint density at radius 3 is 2.85 bits per heavy atom. The van der Waals surface area contributed by atoms with Crippen molar-refractivity contribution < 1.29 is 9.90 Å². The Morgan fingerprint density at radius 1 is 1.27 bits per heavy atom. The number of hydrogen-bond acceptors (Lipinski definition) is 5. The molecule has 8 heteroatoms. The number of amides is 2. The van der Waals surface area contributed by atoms with Crippen LogP contribution in [0.4, 0.5) is 4.79 Å². The van der Waals surface area contributed by atoms with Crippen LogP contribution in [0.15, 0.2) is 24.5 Å². The first-order chi connectivity index (χ1) is 12.6. The molecule has 2 amide bonds. The predicted molar refractivity (Wildman–Crippen MR) is 95.0 cm³/mol. The molecule has 0 aliphatic heterocycles. The van der Waals surface area contributed by atoms with Gasteiger partial charge in [-0.05, 0) is 51.2 Å². The molecule has 2 aromatic rings. The molecule has 2 aromatic heterocycles. The molecule has 0 bridgehead atoms. The van der Waals surface area contributed by atoms with E-state index >= 15 is 0 Å². The van der Waals surface area contributed by atoms with Gasteiger partial charge in [0.05, 0.1) is 24.0 Å². The van der Waals surface area contributed by atoms with Crippen molar-refractivity contribution in [1.29, 1.82) is 0 Å². The molecule has 0 aromatic carbocycles. The molecule has 0 spiro atoms. The van der Waals surface area contributed by atoms with Crippen molar-refractivity contribution in [3.8, 4) is 5.69 Å². The first kappa shape index (κ1) is 17.0. The van der Waals surface area contributed by atoms with E-state index in [4.69, 9.17) is 0 Å². The molecule has 2 saturated carbocycles. The van der Waals surface area contributed by atoms with Gasteiger partial charge in [-0.15, -0.1) is 0 Å². The number of aliphatic hydroxyl groups excluding tert-OH is 1. The average Bonchev–Trinajstić information content (AvgIpc) is 3.36.